The van der Waals surface area contributed by atoms with Gasteiger partial charge in [0.2, 0.25) is 10.0 Å². The maximum atomic E-state index is 12.1. The van der Waals surface area contributed by atoms with Crippen molar-refractivity contribution < 1.29 is 13.2 Å². The normalized spacial score (nSPS) is 11.8. The first-order valence-corrected chi connectivity index (χ1v) is 6.77. The van der Waals surface area contributed by atoms with Crippen molar-refractivity contribution in [3.63, 3.8) is 0 Å². The van der Waals surface area contributed by atoms with Crippen LogP contribution in [0.5, 0.6) is 5.75 Å². The molecule has 96 valence electrons. The van der Waals surface area contributed by atoms with Gasteiger partial charge in [-0.2, -0.15) is 0 Å². The van der Waals surface area contributed by atoms with E-state index in [9.17, 15) is 8.42 Å². The second-order valence-electron chi connectivity index (χ2n) is 3.73. The van der Waals surface area contributed by atoms with Gasteiger partial charge in [-0.3, -0.25) is 0 Å². The summed E-state index contributed by atoms with van der Waals surface area (Å²) in [6.07, 6.45) is 0.756. The van der Waals surface area contributed by atoms with Gasteiger partial charge in [0.25, 0.3) is 0 Å². The second-order valence-corrected chi connectivity index (χ2v) is 5.74. The predicted molar refractivity (Wildman–Crippen MR) is 67.5 cm³/mol. The molecule has 17 heavy (non-hydrogen) atoms. The van der Waals surface area contributed by atoms with Crippen LogP contribution >= 0.6 is 0 Å². The molecule has 0 aliphatic carbocycles. The van der Waals surface area contributed by atoms with E-state index in [0.717, 1.165) is 6.42 Å². The first-order valence-electron chi connectivity index (χ1n) is 5.33. The van der Waals surface area contributed by atoms with Crippen molar-refractivity contribution in [2.45, 2.75) is 18.2 Å². The van der Waals surface area contributed by atoms with Crippen LogP contribution in [-0.4, -0.2) is 33.4 Å². The number of rotatable bonds is 5. The first-order chi connectivity index (χ1) is 7.93. The van der Waals surface area contributed by atoms with Crippen molar-refractivity contribution >= 4 is 15.7 Å². The zero-order chi connectivity index (χ0) is 13.1. The van der Waals surface area contributed by atoms with Gasteiger partial charge in [-0.15, -0.1) is 0 Å². The van der Waals surface area contributed by atoms with Crippen LogP contribution in [0.15, 0.2) is 23.1 Å². The third-order valence-electron chi connectivity index (χ3n) is 2.44. The highest BCUT2D eigenvalue weighted by Gasteiger charge is 2.22. The van der Waals surface area contributed by atoms with Gasteiger partial charge in [0.15, 0.2) is 0 Å². The Morgan fingerprint density at radius 3 is 2.53 bits per heavy atom. The Morgan fingerprint density at radius 1 is 1.41 bits per heavy atom. The molecule has 1 aromatic rings. The topological polar surface area (TPSA) is 72.6 Å². The van der Waals surface area contributed by atoms with Gasteiger partial charge in [0.05, 0.1) is 12.8 Å². The average Bonchev–Trinajstić information content (AvgIpc) is 2.28. The van der Waals surface area contributed by atoms with Crippen molar-refractivity contribution in [3.8, 4) is 5.75 Å². The molecule has 0 spiro atoms. The summed E-state index contributed by atoms with van der Waals surface area (Å²) in [6.45, 7) is 2.39. The summed E-state index contributed by atoms with van der Waals surface area (Å²) in [7, 11) is -0.454. The summed E-state index contributed by atoms with van der Waals surface area (Å²) in [5.41, 5.74) is 5.93. The van der Waals surface area contributed by atoms with Gasteiger partial charge in [0, 0.05) is 19.7 Å². The van der Waals surface area contributed by atoms with E-state index >= 15 is 0 Å². The van der Waals surface area contributed by atoms with Crippen LogP contribution in [0.4, 0.5) is 5.69 Å². The van der Waals surface area contributed by atoms with Crippen LogP contribution in [0.25, 0.3) is 0 Å². The monoisotopic (exact) mass is 258 g/mol. The number of nitrogen functional groups attached to an aromatic ring is 1. The van der Waals surface area contributed by atoms with E-state index in [4.69, 9.17) is 10.5 Å². The summed E-state index contributed by atoms with van der Waals surface area (Å²) in [5.74, 6) is 0.541. The lowest BCUT2D eigenvalue weighted by molar-refractivity contribution is 0.414. The van der Waals surface area contributed by atoms with Gasteiger partial charge >= 0.3 is 0 Å². The average molecular weight is 258 g/mol. The third-order valence-corrected chi connectivity index (χ3v) is 4.37. The maximum absolute atomic E-state index is 12.1. The zero-order valence-electron chi connectivity index (χ0n) is 10.3. The van der Waals surface area contributed by atoms with Crippen LogP contribution in [0.2, 0.25) is 0 Å². The number of nitrogens with two attached hydrogens (primary N) is 1. The molecule has 0 atom stereocenters. The van der Waals surface area contributed by atoms with Crippen molar-refractivity contribution in [3.05, 3.63) is 18.2 Å². The van der Waals surface area contributed by atoms with Crippen LogP contribution in [0, 0.1) is 0 Å². The smallest absolute Gasteiger partial charge is 0.244 e. The van der Waals surface area contributed by atoms with Gasteiger partial charge in [-0.05, 0) is 18.6 Å². The fourth-order valence-corrected chi connectivity index (χ4v) is 2.85. The van der Waals surface area contributed by atoms with E-state index in [1.54, 1.807) is 13.1 Å². The van der Waals surface area contributed by atoms with Crippen LogP contribution < -0.4 is 10.5 Å². The van der Waals surface area contributed by atoms with Crippen molar-refractivity contribution in [2.24, 2.45) is 0 Å². The molecule has 0 heterocycles. The molecule has 0 bridgehead atoms. The molecule has 0 aliphatic rings. The second kappa shape index (κ2) is 5.37. The molecule has 0 aliphatic heterocycles. The molecule has 0 unspecified atom stereocenters. The minimum absolute atomic E-state index is 0.120. The molecule has 1 aromatic carbocycles. The fourth-order valence-electron chi connectivity index (χ4n) is 1.49. The molecular weight excluding hydrogens is 240 g/mol. The van der Waals surface area contributed by atoms with Crippen molar-refractivity contribution in [2.75, 3.05) is 26.4 Å². The Labute approximate surface area is 102 Å². The Morgan fingerprint density at radius 2 is 2.06 bits per heavy atom. The number of sulfonamides is 1. The third kappa shape index (κ3) is 2.89. The Kier molecular flexibility index (Phi) is 4.36. The van der Waals surface area contributed by atoms with E-state index in [2.05, 4.69) is 0 Å². The highest BCUT2D eigenvalue weighted by molar-refractivity contribution is 7.89. The Bertz CT molecular complexity index is 485. The lowest BCUT2D eigenvalue weighted by Crippen LogP contribution is -2.28. The van der Waals surface area contributed by atoms with Crippen molar-refractivity contribution in [1.82, 2.24) is 4.31 Å². The minimum Gasteiger partial charge on any atom is -0.497 e. The van der Waals surface area contributed by atoms with Crippen LogP contribution in [-0.2, 0) is 10.0 Å². The molecule has 0 fully saturated rings. The van der Waals surface area contributed by atoms with Crippen LogP contribution in [0.1, 0.15) is 13.3 Å². The largest absolute Gasteiger partial charge is 0.497 e. The zero-order valence-corrected chi connectivity index (χ0v) is 11.1. The number of methoxy groups -OCH3 is 1. The van der Waals surface area contributed by atoms with E-state index < -0.39 is 10.0 Å². The highest BCUT2D eigenvalue weighted by Crippen LogP contribution is 2.25. The lowest BCUT2D eigenvalue weighted by atomic mass is 10.3. The molecule has 0 aromatic heterocycles. The minimum atomic E-state index is -3.50. The highest BCUT2D eigenvalue weighted by atomic mass is 32.2. The lowest BCUT2D eigenvalue weighted by Gasteiger charge is -2.17. The molecule has 2 N–H and O–H groups in total. The molecular formula is C11H18N2O3S. The SMILES string of the molecule is CCCN(C)S(=O)(=O)c1ccc(OC)cc1N. The van der Waals surface area contributed by atoms with Crippen molar-refractivity contribution in [1.29, 1.82) is 0 Å². The quantitative estimate of drug-likeness (QED) is 0.808. The summed E-state index contributed by atoms with van der Waals surface area (Å²) in [5, 5.41) is 0. The molecule has 0 saturated carbocycles. The van der Waals surface area contributed by atoms with E-state index in [0.29, 0.717) is 12.3 Å². The summed E-state index contributed by atoms with van der Waals surface area (Å²) >= 11 is 0. The predicted octanol–water partition coefficient (Wildman–Crippen LogP) is 1.31. The number of anilines is 1. The number of nitrogens with zero attached hydrogens (tertiary/aromatic N) is 1. The Hall–Kier alpha value is -1.27. The van der Waals surface area contributed by atoms with Gasteiger partial charge in [-0.1, -0.05) is 6.92 Å². The molecule has 5 nitrogen and oxygen atoms in total. The maximum Gasteiger partial charge on any atom is 0.244 e. The molecule has 0 saturated heterocycles. The van der Waals surface area contributed by atoms with E-state index in [1.165, 1.54) is 23.5 Å². The Balaban J connectivity index is 3.16. The van der Waals surface area contributed by atoms with E-state index in [-0.39, 0.29) is 10.6 Å². The number of hydrogen-bond donors (Lipinski definition) is 1. The fraction of sp³-hybridized carbons (Fsp3) is 0.455. The van der Waals surface area contributed by atoms with Gasteiger partial charge in [-0.25, -0.2) is 12.7 Å². The summed E-state index contributed by atoms with van der Waals surface area (Å²) < 4.78 is 30.6. The molecule has 0 amide bonds. The van der Waals surface area contributed by atoms with Crippen LogP contribution in [0.3, 0.4) is 0 Å². The van der Waals surface area contributed by atoms with Gasteiger partial charge in [0.1, 0.15) is 10.6 Å². The van der Waals surface area contributed by atoms with E-state index in [1.807, 2.05) is 6.92 Å². The molecule has 1 rings (SSSR count). The molecule has 6 heteroatoms. The summed E-state index contributed by atoms with van der Waals surface area (Å²) in [4.78, 5) is 0.120. The molecule has 0 radical (unpaired) electrons. The van der Waals surface area contributed by atoms with Gasteiger partial charge < -0.3 is 10.5 Å². The number of hydrogen-bond acceptors (Lipinski definition) is 4. The number of benzene rings is 1. The first kappa shape index (κ1) is 13.8. The number of ether oxygens (including phenoxy) is 1. The summed E-state index contributed by atoms with van der Waals surface area (Å²) in [6, 6.07) is 4.56. The standard InChI is InChI=1S/C11H18N2O3S/c1-4-7-13(2)17(14,15)11-6-5-9(16-3)8-10(11)12/h5-6,8H,4,7,12H2,1-3H3.